The normalized spacial score (nSPS) is 23.4. The summed E-state index contributed by atoms with van der Waals surface area (Å²) in [7, 11) is 3.50. The van der Waals surface area contributed by atoms with Crippen LogP contribution in [0.2, 0.25) is 0 Å². The molecule has 134 valence electrons. The lowest BCUT2D eigenvalue weighted by atomic mass is 9.96. The number of likely N-dealkylation sites (tertiary alicyclic amines) is 1. The average Bonchev–Trinajstić information content (AvgIpc) is 3.02. The Morgan fingerprint density at radius 1 is 1.40 bits per heavy atom. The highest BCUT2D eigenvalue weighted by Gasteiger charge is 2.39. The Morgan fingerprint density at radius 3 is 2.84 bits per heavy atom. The highest BCUT2D eigenvalue weighted by atomic mass is 16.5. The van der Waals surface area contributed by atoms with Gasteiger partial charge in [0.15, 0.2) is 5.82 Å². The molecular weight excluding hydrogens is 320 g/mol. The Morgan fingerprint density at radius 2 is 2.20 bits per heavy atom. The van der Waals surface area contributed by atoms with Gasteiger partial charge in [0, 0.05) is 45.0 Å². The quantitative estimate of drug-likeness (QED) is 0.881. The molecule has 2 aliphatic rings. The molecule has 8 heteroatoms. The Hall–Kier alpha value is -2.22. The number of rotatable bonds is 5. The second kappa shape index (κ2) is 6.25. The highest BCUT2D eigenvalue weighted by molar-refractivity contribution is 5.93. The molecule has 2 fully saturated rings. The van der Waals surface area contributed by atoms with Gasteiger partial charge in [-0.2, -0.15) is 10.2 Å². The molecule has 0 aromatic carbocycles. The van der Waals surface area contributed by atoms with Crippen molar-refractivity contribution >= 4 is 5.91 Å². The molecule has 1 saturated heterocycles. The number of aryl methyl sites for hydroxylation is 2. The number of aromatic nitrogens is 5. The van der Waals surface area contributed by atoms with Crippen LogP contribution in [0.5, 0.6) is 0 Å². The van der Waals surface area contributed by atoms with E-state index in [-0.39, 0.29) is 17.7 Å². The minimum Gasteiger partial charge on any atom is -0.384 e. The standard InChI is InChI=1S/C17H24N6O2/c1-10-6-14(22(2)21-10)17(24)23-7-12(9-25-3)13(8-23)16-18-15(19-20-16)11-4-5-11/h6,11-13H,4-5,7-9H2,1-3H3,(H,18,19,20)/t12-,13+/m0/s1. The van der Waals surface area contributed by atoms with E-state index in [1.165, 1.54) is 12.8 Å². The Balaban J connectivity index is 1.55. The fourth-order valence-electron chi connectivity index (χ4n) is 3.68. The highest BCUT2D eigenvalue weighted by Crippen LogP contribution is 2.39. The lowest BCUT2D eigenvalue weighted by Gasteiger charge is -2.16. The number of aromatic amines is 1. The van der Waals surface area contributed by atoms with Crippen LogP contribution in [0.1, 0.15) is 52.5 Å². The number of carbonyl (C=O) groups is 1. The summed E-state index contributed by atoms with van der Waals surface area (Å²) >= 11 is 0. The van der Waals surface area contributed by atoms with E-state index in [1.807, 2.05) is 17.9 Å². The zero-order chi connectivity index (χ0) is 17.6. The zero-order valence-corrected chi connectivity index (χ0v) is 14.9. The number of ether oxygens (including phenoxy) is 1. The smallest absolute Gasteiger partial charge is 0.272 e. The maximum atomic E-state index is 12.9. The van der Waals surface area contributed by atoms with Crippen LogP contribution >= 0.6 is 0 Å². The van der Waals surface area contributed by atoms with Crippen molar-refractivity contribution < 1.29 is 9.53 Å². The maximum Gasteiger partial charge on any atom is 0.272 e. The van der Waals surface area contributed by atoms with Crippen LogP contribution in [0.3, 0.4) is 0 Å². The molecule has 0 radical (unpaired) electrons. The summed E-state index contributed by atoms with van der Waals surface area (Å²) in [5, 5.41) is 11.8. The van der Waals surface area contributed by atoms with Gasteiger partial charge < -0.3 is 9.64 Å². The van der Waals surface area contributed by atoms with E-state index in [0.717, 1.165) is 17.3 Å². The van der Waals surface area contributed by atoms with E-state index < -0.39 is 0 Å². The van der Waals surface area contributed by atoms with Crippen LogP contribution in [0.25, 0.3) is 0 Å². The van der Waals surface area contributed by atoms with Gasteiger partial charge in [-0.25, -0.2) is 4.98 Å². The van der Waals surface area contributed by atoms with Crippen LogP contribution in [0.15, 0.2) is 6.07 Å². The van der Waals surface area contributed by atoms with Gasteiger partial charge in [0.1, 0.15) is 11.5 Å². The van der Waals surface area contributed by atoms with E-state index in [9.17, 15) is 4.79 Å². The average molecular weight is 344 g/mol. The van der Waals surface area contributed by atoms with Gasteiger partial charge in [0.25, 0.3) is 5.91 Å². The molecule has 2 atom stereocenters. The topological polar surface area (TPSA) is 88.9 Å². The Labute approximate surface area is 146 Å². The van der Waals surface area contributed by atoms with E-state index in [1.54, 1.807) is 18.8 Å². The lowest BCUT2D eigenvalue weighted by Crippen LogP contribution is -2.30. The Bertz CT molecular complexity index is 778. The first-order valence-corrected chi connectivity index (χ1v) is 8.78. The second-order valence-corrected chi connectivity index (χ2v) is 7.18. The molecule has 2 aromatic heterocycles. The number of nitrogens with one attached hydrogen (secondary N) is 1. The van der Waals surface area contributed by atoms with Crippen molar-refractivity contribution in [2.45, 2.75) is 31.6 Å². The summed E-state index contributed by atoms with van der Waals surface area (Å²) in [4.78, 5) is 19.5. The molecule has 1 aliphatic heterocycles. The minimum atomic E-state index is 0.00800. The molecule has 2 aromatic rings. The number of carbonyl (C=O) groups excluding carboxylic acids is 1. The molecule has 1 saturated carbocycles. The summed E-state index contributed by atoms with van der Waals surface area (Å²) in [6.07, 6.45) is 2.35. The predicted molar refractivity (Wildman–Crippen MR) is 90.3 cm³/mol. The van der Waals surface area contributed by atoms with Gasteiger partial charge in [-0.1, -0.05) is 0 Å². The van der Waals surface area contributed by atoms with E-state index in [2.05, 4.69) is 15.3 Å². The van der Waals surface area contributed by atoms with Crippen molar-refractivity contribution in [3.8, 4) is 0 Å². The summed E-state index contributed by atoms with van der Waals surface area (Å²) in [6, 6.07) is 1.83. The summed E-state index contributed by atoms with van der Waals surface area (Å²) < 4.78 is 7.04. The van der Waals surface area contributed by atoms with E-state index in [4.69, 9.17) is 9.72 Å². The number of hydrogen-bond donors (Lipinski definition) is 1. The van der Waals surface area contributed by atoms with E-state index in [0.29, 0.717) is 31.3 Å². The van der Waals surface area contributed by atoms with Crippen molar-refractivity contribution in [3.63, 3.8) is 0 Å². The van der Waals surface area contributed by atoms with Gasteiger partial charge in [0.05, 0.1) is 12.3 Å². The largest absolute Gasteiger partial charge is 0.384 e. The second-order valence-electron chi connectivity index (χ2n) is 7.18. The summed E-state index contributed by atoms with van der Waals surface area (Å²) in [6.45, 7) is 3.76. The molecule has 1 aliphatic carbocycles. The number of hydrogen-bond acceptors (Lipinski definition) is 5. The molecule has 0 unspecified atom stereocenters. The maximum absolute atomic E-state index is 12.9. The summed E-state index contributed by atoms with van der Waals surface area (Å²) in [5.74, 6) is 2.65. The fourth-order valence-corrected chi connectivity index (χ4v) is 3.68. The lowest BCUT2D eigenvalue weighted by molar-refractivity contribution is 0.0764. The molecule has 8 nitrogen and oxygen atoms in total. The third-order valence-electron chi connectivity index (χ3n) is 5.14. The fraction of sp³-hybridized carbons (Fsp3) is 0.647. The van der Waals surface area contributed by atoms with Crippen LogP contribution in [-0.4, -0.2) is 62.6 Å². The number of amides is 1. The van der Waals surface area contributed by atoms with Crippen LogP contribution in [0, 0.1) is 12.8 Å². The molecule has 3 heterocycles. The van der Waals surface area contributed by atoms with Crippen LogP contribution in [-0.2, 0) is 11.8 Å². The molecule has 0 bridgehead atoms. The molecule has 1 amide bonds. The van der Waals surface area contributed by atoms with Gasteiger partial charge in [-0.3, -0.25) is 14.6 Å². The van der Waals surface area contributed by atoms with E-state index >= 15 is 0 Å². The third-order valence-corrected chi connectivity index (χ3v) is 5.14. The Kier molecular flexibility index (Phi) is 4.07. The van der Waals surface area contributed by atoms with Crippen molar-refractivity contribution in [1.29, 1.82) is 0 Å². The first-order chi connectivity index (χ1) is 12.1. The molecule has 0 spiro atoms. The number of methoxy groups -OCH3 is 1. The van der Waals surface area contributed by atoms with Crippen molar-refractivity contribution in [2.75, 3.05) is 26.8 Å². The summed E-state index contributed by atoms with van der Waals surface area (Å²) in [5.41, 5.74) is 1.46. The minimum absolute atomic E-state index is 0.00800. The SMILES string of the molecule is COC[C@@H]1CN(C(=O)c2cc(C)nn2C)C[C@H]1c1nc(C2CC2)n[nH]1. The van der Waals surface area contributed by atoms with Crippen molar-refractivity contribution in [3.05, 3.63) is 29.1 Å². The molecule has 25 heavy (non-hydrogen) atoms. The van der Waals surface area contributed by atoms with Gasteiger partial charge in [-0.05, 0) is 25.8 Å². The van der Waals surface area contributed by atoms with Crippen LogP contribution < -0.4 is 0 Å². The first kappa shape index (κ1) is 16.3. The molecule has 1 N–H and O–H groups in total. The van der Waals surface area contributed by atoms with Crippen molar-refractivity contribution in [1.82, 2.24) is 29.9 Å². The van der Waals surface area contributed by atoms with Gasteiger partial charge in [0.2, 0.25) is 0 Å². The number of H-pyrrole nitrogens is 1. The molecule has 4 rings (SSSR count). The first-order valence-electron chi connectivity index (χ1n) is 8.78. The third kappa shape index (κ3) is 3.06. The predicted octanol–water partition coefficient (Wildman–Crippen LogP) is 1.23. The number of nitrogens with zero attached hydrogens (tertiary/aromatic N) is 5. The van der Waals surface area contributed by atoms with Crippen LogP contribution in [0.4, 0.5) is 0 Å². The van der Waals surface area contributed by atoms with Gasteiger partial charge in [-0.15, -0.1) is 0 Å². The monoisotopic (exact) mass is 344 g/mol. The molecular formula is C17H24N6O2. The van der Waals surface area contributed by atoms with Gasteiger partial charge >= 0.3 is 0 Å². The van der Waals surface area contributed by atoms with Crippen molar-refractivity contribution in [2.24, 2.45) is 13.0 Å². The zero-order valence-electron chi connectivity index (χ0n) is 14.9.